The fourth-order valence-electron chi connectivity index (χ4n) is 2.43. The summed E-state index contributed by atoms with van der Waals surface area (Å²) in [7, 11) is 0. The number of nitrogens with one attached hydrogen (secondary N) is 2. The zero-order valence-corrected chi connectivity index (χ0v) is 14.6. The number of carbonyl (C=O) groups excluding carboxylic acids is 1. The molecule has 26 heavy (non-hydrogen) atoms. The molecule has 0 aliphatic carbocycles. The van der Waals surface area contributed by atoms with Crippen LogP contribution < -0.4 is 10.6 Å². The van der Waals surface area contributed by atoms with Gasteiger partial charge in [-0.25, -0.2) is 9.37 Å². The van der Waals surface area contributed by atoms with Crippen LogP contribution in [-0.2, 0) is 6.42 Å². The first-order chi connectivity index (χ1) is 12.6. The molecule has 3 rings (SSSR count). The van der Waals surface area contributed by atoms with E-state index in [1.54, 1.807) is 48.5 Å². The minimum absolute atomic E-state index is 0.213. The molecule has 6 heteroatoms. The van der Waals surface area contributed by atoms with Crippen LogP contribution in [0.15, 0.2) is 66.9 Å². The molecule has 2 aromatic carbocycles. The highest BCUT2D eigenvalue weighted by Gasteiger charge is 2.07. The van der Waals surface area contributed by atoms with Crippen molar-refractivity contribution in [1.29, 1.82) is 0 Å². The van der Waals surface area contributed by atoms with E-state index < -0.39 is 0 Å². The number of nitrogens with zero attached hydrogens (tertiary/aromatic N) is 1. The van der Waals surface area contributed by atoms with Crippen molar-refractivity contribution < 1.29 is 9.18 Å². The quantitative estimate of drug-likeness (QED) is 0.657. The summed E-state index contributed by atoms with van der Waals surface area (Å²) in [6.45, 7) is 0.544. The SMILES string of the molecule is O=C(Nc1cccc(Cl)c1)c1ccc(NCCc2ccccc2F)nc1. The van der Waals surface area contributed by atoms with E-state index in [-0.39, 0.29) is 11.7 Å². The highest BCUT2D eigenvalue weighted by Crippen LogP contribution is 2.16. The van der Waals surface area contributed by atoms with E-state index >= 15 is 0 Å². The summed E-state index contributed by atoms with van der Waals surface area (Å²) in [6.07, 6.45) is 2.04. The Labute approximate surface area is 156 Å². The number of carbonyl (C=O) groups is 1. The van der Waals surface area contributed by atoms with Gasteiger partial charge in [0, 0.05) is 23.5 Å². The van der Waals surface area contributed by atoms with Crippen LogP contribution in [0, 0.1) is 5.82 Å². The molecule has 1 heterocycles. The van der Waals surface area contributed by atoms with Gasteiger partial charge in [-0.1, -0.05) is 35.9 Å². The second kappa shape index (κ2) is 8.45. The predicted molar refractivity (Wildman–Crippen MR) is 102 cm³/mol. The Balaban J connectivity index is 1.54. The standard InChI is InChI=1S/C20H17ClFN3O/c21-16-5-3-6-17(12-16)25-20(26)15-8-9-19(24-13-15)23-11-10-14-4-1-2-7-18(14)22/h1-9,12-13H,10-11H2,(H,23,24)(H,25,26). The van der Waals surface area contributed by atoms with E-state index in [0.717, 1.165) is 0 Å². The first-order valence-electron chi connectivity index (χ1n) is 8.12. The minimum atomic E-state index is -0.266. The summed E-state index contributed by atoms with van der Waals surface area (Å²) in [6, 6.07) is 17.0. The number of anilines is 2. The maximum Gasteiger partial charge on any atom is 0.257 e. The molecule has 0 fully saturated rings. The Morgan fingerprint density at radius 3 is 2.65 bits per heavy atom. The van der Waals surface area contributed by atoms with Crippen LogP contribution in [0.5, 0.6) is 0 Å². The number of hydrogen-bond acceptors (Lipinski definition) is 3. The third-order valence-corrected chi connectivity index (χ3v) is 4.00. The van der Waals surface area contributed by atoms with E-state index in [4.69, 9.17) is 11.6 Å². The topological polar surface area (TPSA) is 54.0 Å². The number of rotatable bonds is 6. The average Bonchev–Trinajstić information content (AvgIpc) is 2.64. The third kappa shape index (κ3) is 4.80. The number of aromatic nitrogens is 1. The lowest BCUT2D eigenvalue weighted by Gasteiger charge is -2.08. The Kier molecular flexibility index (Phi) is 5.81. The van der Waals surface area contributed by atoms with Crippen molar-refractivity contribution >= 4 is 29.0 Å². The molecule has 1 amide bonds. The molecule has 0 spiro atoms. The van der Waals surface area contributed by atoms with Crippen molar-refractivity contribution in [2.45, 2.75) is 6.42 Å². The van der Waals surface area contributed by atoms with Crippen molar-refractivity contribution in [3.05, 3.63) is 88.8 Å². The van der Waals surface area contributed by atoms with Crippen molar-refractivity contribution in [2.75, 3.05) is 17.2 Å². The fraction of sp³-hybridized carbons (Fsp3) is 0.100. The van der Waals surface area contributed by atoms with E-state index in [1.165, 1.54) is 12.3 Å². The molecule has 3 aromatic rings. The highest BCUT2D eigenvalue weighted by molar-refractivity contribution is 6.30. The molecule has 0 radical (unpaired) electrons. The lowest BCUT2D eigenvalue weighted by atomic mass is 10.1. The molecule has 0 aliphatic heterocycles. The zero-order chi connectivity index (χ0) is 18.4. The van der Waals surface area contributed by atoms with Crippen molar-refractivity contribution in [3.8, 4) is 0 Å². The van der Waals surface area contributed by atoms with Crippen molar-refractivity contribution in [1.82, 2.24) is 4.98 Å². The van der Waals surface area contributed by atoms with Crippen LogP contribution in [0.25, 0.3) is 0 Å². The Hall–Kier alpha value is -2.92. The molecule has 1 aromatic heterocycles. The van der Waals surface area contributed by atoms with Gasteiger partial charge in [0.2, 0.25) is 0 Å². The maximum absolute atomic E-state index is 13.6. The summed E-state index contributed by atoms with van der Waals surface area (Å²) in [4.78, 5) is 16.4. The van der Waals surface area contributed by atoms with Gasteiger partial charge in [0.25, 0.3) is 5.91 Å². The Morgan fingerprint density at radius 1 is 1.08 bits per heavy atom. The summed E-state index contributed by atoms with van der Waals surface area (Å²) >= 11 is 5.90. The van der Waals surface area contributed by atoms with Gasteiger partial charge in [0.05, 0.1) is 5.56 Å². The van der Waals surface area contributed by atoms with E-state index in [0.29, 0.717) is 40.6 Å². The van der Waals surface area contributed by atoms with Crippen LogP contribution in [0.2, 0.25) is 5.02 Å². The monoisotopic (exact) mass is 369 g/mol. The van der Waals surface area contributed by atoms with Crippen LogP contribution in [0.1, 0.15) is 15.9 Å². The largest absolute Gasteiger partial charge is 0.370 e. The highest BCUT2D eigenvalue weighted by atomic mass is 35.5. The second-order valence-electron chi connectivity index (χ2n) is 5.66. The molecule has 0 unspecified atom stereocenters. The van der Waals surface area contributed by atoms with E-state index in [9.17, 15) is 9.18 Å². The first-order valence-corrected chi connectivity index (χ1v) is 8.50. The molecule has 0 saturated carbocycles. The van der Waals surface area contributed by atoms with Crippen molar-refractivity contribution in [3.63, 3.8) is 0 Å². The van der Waals surface area contributed by atoms with E-state index in [1.807, 2.05) is 6.07 Å². The van der Waals surface area contributed by atoms with Gasteiger partial charge in [-0.15, -0.1) is 0 Å². The smallest absolute Gasteiger partial charge is 0.257 e. The fourth-order valence-corrected chi connectivity index (χ4v) is 2.62. The Bertz CT molecular complexity index is 900. The Morgan fingerprint density at radius 2 is 1.92 bits per heavy atom. The number of halogens is 2. The number of pyridine rings is 1. The first kappa shape index (κ1) is 17.9. The van der Waals surface area contributed by atoms with Gasteiger partial charge < -0.3 is 10.6 Å². The maximum atomic E-state index is 13.6. The minimum Gasteiger partial charge on any atom is -0.370 e. The molecule has 2 N–H and O–H groups in total. The molecule has 0 bridgehead atoms. The summed E-state index contributed by atoms with van der Waals surface area (Å²) in [5.74, 6) is 0.147. The van der Waals surface area contributed by atoms with Gasteiger partial charge in [-0.05, 0) is 48.4 Å². The van der Waals surface area contributed by atoms with Crippen LogP contribution in [0.3, 0.4) is 0 Å². The molecule has 0 aliphatic rings. The van der Waals surface area contributed by atoms with Gasteiger partial charge in [0.1, 0.15) is 11.6 Å². The normalized spacial score (nSPS) is 10.4. The zero-order valence-electron chi connectivity index (χ0n) is 13.9. The average molecular weight is 370 g/mol. The second-order valence-corrected chi connectivity index (χ2v) is 6.10. The molecule has 132 valence electrons. The van der Waals surface area contributed by atoms with Crippen LogP contribution in [0.4, 0.5) is 15.9 Å². The third-order valence-electron chi connectivity index (χ3n) is 3.77. The lowest BCUT2D eigenvalue weighted by molar-refractivity contribution is 0.102. The van der Waals surface area contributed by atoms with Crippen molar-refractivity contribution in [2.24, 2.45) is 0 Å². The van der Waals surface area contributed by atoms with Gasteiger partial charge in [0.15, 0.2) is 0 Å². The van der Waals surface area contributed by atoms with Gasteiger partial charge in [-0.2, -0.15) is 0 Å². The van der Waals surface area contributed by atoms with Gasteiger partial charge in [-0.3, -0.25) is 4.79 Å². The molecular weight excluding hydrogens is 353 g/mol. The number of hydrogen-bond donors (Lipinski definition) is 2. The van der Waals surface area contributed by atoms with Gasteiger partial charge >= 0.3 is 0 Å². The summed E-state index contributed by atoms with van der Waals surface area (Å²) in [5.41, 5.74) is 1.71. The van der Waals surface area contributed by atoms with Crippen LogP contribution in [-0.4, -0.2) is 17.4 Å². The molecule has 4 nitrogen and oxygen atoms in total. The number of benzene rings is 2. The van der Waals surface area contributed by atoms with E-state index in [2.05, 4.69) is 15.6 Å². The number of amides is 1. The summed E-state index contributed by atoms with van der Waals surface area (Å²) in [5, 5.41) is 6.43. The molecule has 0 saturated heterocycles. The lowest BCUT2D eigenvalue weighted by Crippen LogP contribution is -2.13. The summed E-state index contributed by atoms with van der Waals surface area (Å²) < 4.78 is 13.6. The molecular formula is C20H17ClFN3O. The van der Waals surface area contributed by atoms with Crippen LogP contribution >= 0.6 is 11.6 Å². The predicted octanol–water partition coefficient (Wildman–Crippen LogP) is 4.78. The molecule has 0 atom stereocenters.